The molecule has 14 heavy (non-hydrogen) atoms. The Labute approximate surface area is 82.8 Å². The lowest BCUT2D eigenvalue weighted by atomic mass is 10.3. The summed E-state index contributed by atoms with van der Waals surface area (Å²) in [7, 11) is 0. The predicted octanol–water partition coefficient (Wildman–Crippen LogP) is 2.60. The van der Waals surface area contributed by atoms with Crippen LogP contribution in [-0.4, -0.2) is 4.98 Å². The second kappa shape index (κ2) is 3.96. The average Bonchev–Trinajstić information content (AvgIpc) is 2.67. The van der Waals surface area contributed by atoms with Crippen molar-refractivity contribution in [3.63, 3.8) is 0 Å². The summed E-state index contributed by atoms with van der Waals surface area (Å²) in [5, 5.41) is 3.22. The molecule has 0 bridgehead atoms. The number of pyridine rings is 1. The van der Waals surface area contributed by atoms with E-state index in [2.05, 4.69) is 10.3 Å². The van der Waals surface area contributed by atoms with E-state index < -0.39 is 0 Å². The third kappa shape index (κ3) is 2.13. The fraction of sp³-hybridized carbons (Fsp3) is 0.182. The second-order valence-corrected chi connectivity index (χ2v) is 3.20. The highest BCUT2D eigenvalue weighted by Crippen LogP contribution is 2.08. The average molecular weight is 188 g/mol. The topological polar surface area (TPSA) is 38.1 Å². The molecule has 3 nitrogen and oxygen atoms in total. The summed E-state index contributed by atoms with van der Waals surface area (Å²) in [6.45, 7) is 2.79. The van der Waals surface area contributed by atoms with E-state index in [4.69, 9.17) is 4.42 Å². The van der Waals surface area contributed by atoms with Gasteiger partial charge in [-0.15, -0.1) is 0 Å². The molecule has 3 heteroatoms. The molecule has 2 aromatic heterocycles. The zero-order valence-corrected chi connectivity index (χ0v) is 8.03. The fourth-order valence-electron chi connectivity index (χ4n) is 1.22. The molecule has 0 saturated heterocycles. The van der Waals surface area contributed by atoms with E-state index in [1.807, 2.05) is 25.1 Å². The van der Waals surface area contributed by atoms with E-state index in [0.717, 1.165) is 17.9 Å². The molecule has 2 rings (SSSR count). The Morgan fingerprint density at radius 3 is 3.07 bits per heavy atom. The summed E-state index contributed by atoms with van der Waals surface area (Å²) in [6.07, 6.45) is 5.19. The highest BCUT2D eigenvalue weighted by Gasteiger charge is 1.95. The number of aromatic nitrogens is 1. The predicted molar refractivity (Wildman–Crippen MR) is 55.0 cm³/mol. The number of rotatable bonds is 3. The Morgan fingerprint density at radius 2 is 2.36 bits per heavy atom. The summed E-state index contributed by atoms with van der Waals surface area (Å²) in [5.74, 6) is 0.895. The van der Waals surface area contributed by atoms with Gasteiger partial charge in [0.2, 0.25) is 0 Å². The van der Waals surface area contributed by atoms with Crippen LogP contribution in [0.5, 0.6) is 0 Å². The third-order valence-corrected chi connectivity index (χ3v) is 1.97. The molecule has 0 aromatic carbocycles. The molecule has 0 unspecified atom stereocenters. The minimum Gasteiger partial charge on any atom is -0.472 e. The molecule has 2 aromatic rings. The van der Waals surface area contributed by atoms with E-state index in [1.54, 1.807) is 18.7 Å². The molecule has 2 heterocycles. The van der Waals surface area contributed by atoms with Crippen LogP contribution in [0.1, 0.15) is 11.1 Å². The molecule has 72 valence electrons. The quantitative estimate of drug-likeness (QED) is 0.804. The summed E-state index contributed by atoms with van der Waals surface area (Å²) in [5.41, 5.74) is 2.32. The van der Waals surface area contributed by atoms with Gasteiger partial charge in [-0.3, -0.25) is 0 Å². The molecule has 0 spiro atoms. The summed E-state index contributed by atoms with van der Waals surface area (Å²) in [6, 6.07) is 5.92. The maximum absolute atomic E-state index is 4.97. The van der Waals surface area contributed by atoms with Gasteiger partial charge in [0.05, 0.1) is 12.5 Å². The van der Waals surface area contributed by atoms with Crippen LogP contribution in [0.4, 0.5) is 5.82 Å². The van der Waals surface area contributed by atoms with Crippen molar-refractivity contribution in [2.24, 2.45) is 0 Å². The Hall–Kier alpha value is -1.77. The van der Waals surface area contributed by atoms with E-state index >= 15 is 0 Å². The van der Waals surface area contributed by atoms with Crippen molar-refractivity contribution in [2.75, 3.05) is 5.32 Å². The third-order valence-electron chi connectivity index (χ3n) is 1.97. The van der Waals surface area contributed by atoms with Crippen LogP contribution in [0.25, 0.3) is 0 Å². The summed E-state index contributed by atoms with van der Waals surface area (Å²) < 4.78 is 4.97. The van der Waals surface area contributed by atoms with Crippen molar-refractivity contribution < 1.29 is 4.42 Å². The largest absolute Gasteiger partial charge is 0.472 e. The highest BCUT2D eigenvalue weighted by atomic mass is 16.3. The Morgan fingerprint density at radius 1 is 1.43 bits per heavy atom. The van der Waals surface area contributed by atoms with Crippen LogP contribution in [0, 0.1) is 6.92 Å². The summed E-state index contributed by atoms with van der Waals surface area (Å²) in [4.78, 5) is 4.20. The molecule has 0 aliphatic carbocycles. The molecule has 0 fully saturated rings. The van der Waals surface area contributed by atoms with E-state index in [0.29, 0.717) is 0 Å². The number of furan rings is 1. The molecule has 0 atom stereocenters. The van der Waals surface area contributed by atoms with E-state index in [-0.39, 0.29) is 0 Å². The lowest BCUT2D eigenvalue weighted by Crippen LogP contribution is -1.99. The zero-order chi connectivity index (χ0) is 9.80. The lowest BCUT2D eigenvalue weighted by Gasteiger charge is -2.03. The minimum atomic E-state index is 0.743. The number of hydrogen-bond donors (Lipinski definition) is 1. The number of aryl methyl sites for hydroxylation is 1. The van der Waals surface area contributed by atoms with Crippen LogP contribution in [0.15, 0.2) is 41.3 Å². The molecule has 1 N–H and O–H groups in total. The Kier molecular flexibility index (Phi) is 2.49. The summed E-state index contributed by atoms with van der Waals surface area (Å²) >= 11 is 0. The van der Waals surface area contributed by atoms with Crippen molar-refractivity contribution in [3.8, 4) is 0 Å². The fourth-order valence-corrected chi connectivity index (χ4v) is 1.22. The first-order chi connectivity index (χ1) is 6.84. The van der Waals surface area contributed by atoms with Gasteiger partial charge in [-0.1, -0.05) is 0 Å². The highest BCUT2D eigenvalue weighted by molar-refractivity contribution is 5.37. The first kappa shape index (κ1) is 8.81. The van der Waals surface area contributed by atoms with Crippen molar-refractivity contribution in [3.05, 3.63) is 48.0 Å². The van der Waals surface area contributed by atoms with Crippen LogP contribution in [0.2, 0.25) is 0 Å². The molecule has 0 amide bonds. The number of nitrogens with one attached hydrogen (secondary N) is 1. The first-order valence-corrected chi connectivity index (χ1v) is 4.52. The van der Waals surface area contributed by atoms with Crippen molar-refractivity contribution in [2.45, 2.75) is 13.5 Å². The van der Waals surface area contributed by atoms with Crippen LogP contribution >= 0.6 is 0 Å². The van der Waals surface area contributed by atoms with Crippen molar-refractivity contribution in [1.29, 1.82) is 0 Å². The minimum absolute atomic E-state index is 0.743. The molecule has 0 aliphatic rings. The maximum Gasteiger partial charge on any atom is 0.126 e. The molecular formula is C11H12N2O. The molecular weight excluding hydrogens is 176 g/mol. The SMILES string of the molecule is Cc1ccnc(NCc2ccoc2)c1. The second-order valence-electron chi connectivity index (χ2n) is 3.20. The van der Waals surface area contributed by atoms with E-state index in [1.165, 1.54) is 5.56 Å². The lowest BCUT2D eigenvalue weighted by molar-refractivity contribution is 0.564. The number of anilines is 1. The maximum atomic E-state index is 4.97. The van der Waals surface area contributed by atoms with Crippen molar-refractivity contribution in [1.82, 2.24) is 4.98 Å². The van der Waals surface area contributed by atoms with Gasteiger partial charge in [-0.25, -0.2) is 4.98 Å². The van der Waals surface area contributed by atoms with Gasteiger partial charge in [-0.2, -0.15) is 0 Å². The number of nitrogens with zero attached hydrogens (tertiary/aromatic N) is 1. The monoisotopic (exact) mass is 188 g/mol. The standard InChI is InChI=1S/C11H12N2O/c1-9-2-4-12-11(6-9)13-7-10-3-5-14-8-10/h2-6,8H,7H2,1H3,(H,12,13). The zero-order valence-electron chi connectivity index (χ0n) is 8.03. The normalized spacial score (nSPS) is 10.1. The smallest absolute Gasteiger partial charge is 0.126 e. The Bertz CT molecular complexity index is 395. The number of hydrogen-bond acceptors (Lipinski definition) is 3. The molecule has 0 radical (unpaired) electrons. The van der Waals surface area contributed by atoms with E-state index in [9.17, 15) is 0 Å². The van der Waals surface area contributed by atoms with Crippen LogP contribution < -0.4 is 5.32 Å². The van der Waals surface area contributed by atoms with Crippen molar-refractivity contribution >= 4 is 5.82 Å². The molecule has 0 aliphatic heterocycles. The van der Waals surface area contributed by atoms with Gasteiger partial charge < -0.3 is 9.73 Å². The van der Waals surface area contributed by atoms with Gasteiger partial charge in [0.25, 0.3) is 0 Å². The van der Waals surface area contributed by atoms with Gasteiger partial charge in [-0.05, 0) is 30.7 Å². The first-order valence-electron chi connectivity index (χ1n) is 4.52. The van der Waals surface area contributed by atoms with Gasteiger partial charge in [0.1, 0.15) is 5.82 Å². The van der Waals surface area contributed by atoms with Gasteiger partial charge in [0.15, 0.2) is 0 Å². The molecule has 0 saturated carbocycles. The van der Waals surface area contributed by atoms with Gasteiger partial charge >= 0.3 is 0 Å². The van der Waals surface area contributed by atoms with Crippen LogP contribution in [0.3, 0.4) is 0 Å². The Balaban J connectivity index is 1.98. The van der Waals surface area contributed by atoms with Gasteiger partial charge in [0, 0.05) is 18.3 Å². The van der Waals surface area contributed by atoms with Crippen LogP contribution in [-0.2, 0) is 6.54 Å².